The third kappa shape index (κ3) is 5.33. The van der Waals surface area contributed by atoms with Crippen LogP contribution in [0.3, 0.4) is 0 Å². The van der Waals surface area contributed by atoms with Gasteiger partial charge in [-0.05, 0) is 56.4 Å². The summed E-state index contributed by atoms with van der Waals surface area (Å²) in [5.74, 6) is 0.903. The number of aromatic nitrogens is 5. The number of methoxy groups -OCH3 is 1. The normalized spacial score (nSPS) is 15.2. The Morgan fingerprint density at radius 2 is 1.68 bits per heavy atom. The van der Waals surface area contributed by atoms with Gasteiger partial charge in [0.05, 0.1) is 29.1 Å². The highest BCUT2D eigenvalue weighted by Gasteiger charge is 2.24. The highest BCUT2D eigenvalue weighted by molar-refractivity contribution is 5.94. The Hall–Kier alpha value is -3.77. The molecule has 41 heavy (non-hydrogen) atoms. The quantitative estimate of drug-likeness (QED) is 0.196. The standard InChI is InChI=1S/C35H41N5O/c1-23(2)34-25(4)40(32-20-19-30(36-24(32)3)26-13-8-6-9-14-26)38-35(34)28-17-12-18-31-29(28)21-39(37-31)22-33(41-5)27-15-10-7-11-16-27/h7,10-12,15-21,23,26,33H,6,8-9,13-14,22H2,1-5H3. The number of pyridine rings is 1. The minimum atomic E-state index is -0.0753. The zero-order valence-corrected chi connectivity index (χ0v) is 25.0. The molecule has 6 rings (SSSR count). The van der Waals surface area contributed by atoms with Crippen LogP contribution in [0.4, 0.5) is 0 Å². The summed E-state index contributed by atoms with van der Waals surface area (Å²) in [5.41, 5.74) is 10.00. The van der Waals surface area contributed by atoms with Crippen molar-refractivity contribution in [2.75, 3.05) is 7.11 Å². The van der Waals surface area contributed by atoms with Crippen molar-refractivity contribution >= 4 is 10.9 Å². The summed E-state index contributed by atoms with van der Waals surface area (Å²) < 4.78 is 9.96. The Labute approximate surface area is 243 Å². The van der Waals surface area contributed by atoms with Crippen molar-refractivity contribution in [2.45, 2.75) is 84.3 Å². The average Bonchev–Trinajstić information content (AvgIpc) is 3.57. The molecule has 0 amide bonds. The van der Waals surface area contributed by atoms with Crippen molar-refractivity contribution in [3.05, 3.63) is 95.1 Å². The summed E-state index contributed by atoms with van der Waals surface area (Å²) in [6.07, 6.45) is 8.55. The van der Waals surface area contributed by atoms with Crippen molar-refractivity contribution < 1.29 is 4.74 Å². The van der Waals surface area contributed by atoms with Crippen molar-refractivity contribution in [3.8, 4) is 16.9 Å². The topological polar surface area (TPSA) is 57.8 Å². The first-order chi connectivity index (χ1) is 19.9. The monoisotopic (exact) mass is 547 g/mol. The van der Waals surface area contributed by atoms with Crippen LogP contribution < -0.4 is 0 Å². The molecule has 6 heteroatoms. The number of hydrogen-bond donors (Lipinski definition) is 0. The van der Waals surface area contributed by atoms with Gasteiger partial charge in [0.1, 0.15) is 6.10 Å². The molecule has 0 spiro atoms. The van der Waals surface area contributed by atoms with E-state index in [9.17, 15) is 0 Å². The summed E-state index contributed by atoms with van der Waals surface area (Å²) in [4.78, 5) is 5.10. The average molecular weight is 548 g/mol. The van der Waals surface area contributed by atoms with E-state index >= 15 is 0 Å². The molecule has 0 saturated heterocycles. The first kappa shape index (κ1) is 27.4. The largest absolute Gasteiger partial charge is 0.375 e. The number of aryl methyl sites for hydroxylation is 1. The van der Waals surface area contributed by atoms with Gasteiger partial charge in [0.25, 0.3) is 0 Å². The van der Waals surface area contributed by atoms with Crippen molar-refractivity contribution in [3.63, 3.8) is 0 Å². The Morgan fingerprint density at radius 3 is 2.39 bits per heavy atom. The summed E-state index contributed by atoms with van der Waals surface area (Å²) in [6, 6.07) is 21.1. The molecule has 2 aromatic carbocycles. The minimum Gasteiger partial charge on any atom is -0.375 e. The number of rotatable bonds is 8. The molecule has 0 aliphatic heterocycles. The van der Waals surface area contributed by atoms with Gasteiger partial charge in [0.2, 0.25) is 0 Å². The van der Waals surface area contributed by atoms with Gasteiger partial charge < -0.3 is 4.74 Å². The third-order valence-corrected chi connectivity index (χ3v) is 8.73. The van der Waals surface area contributed by atoms with Crippen molar-refractivity contribution in [1.82, 2.24) is 24.5 Å². The number of ether oxygens (including phenoxy) is 1. The SMILES string of the molecule is COC(Cn1cc2c(-c3nn(-c4ccc(C5CCCCC5)nc4C)c(C)c3C(C)C)cccc2n1)c1ccccc1. The maximum absolute atomic E-state index is 5.85. The van der Waals surface area contributed by atoms with E-state index in [-0.39, 0.29) is 6.10 Å². The van der Waals surface area contributed by atoms with Gasteiger partial charge in [0.15, 0.2) is 0 Å². The second kappa shape index (κ2) is 11.6. The van der Waals surface area contributed by atoms with Gasteiger partial charge in [-0.3, -0.25) is 9.67 Å². The highest BCUT2D eigenvalue weighted by atomic mass is 16.5. The number of hydrogen-bond acceptors (Lipinski definition) is 4. The van der Waals surface area contributed by atoms with Crippen LogP contribution in [0, 0.1) is 13.8 Å². The van der Waals surface area contributed by atoms with E-state index in [4.69, 9.17) is 19.9 Å². The van der Waals surface area contributed by atoms with Gasteiger partial charge in [-0.25, -0.2) is 4.68 Å². The Morgan fingerprint density at radius 1 is 0.902 bits per heavy atom. The highest BCUT2D eigenvalue weighted by Crippen LogP contribution is 2.37. The van der Waals surface area contributed by atoms with E-state index in [1.165, 1.54) is 49.1 Å². The first-order valence-corrected chi connectivity index (χ1v) is 15.1. The lowest BCUT2D eigenvalue weighted by Crippen LogP contribution is -2.11. The molecule has 1 saturated carbocycles. The predicted molar refractivity (Wildman–Crippen MR) is 166 cm³/mol. The summed E-state index contributed by atoms with van der Waals surface area (Å²) in [7, 11) is 1.76. The minimum absolute atomic E-state index is 0.0753. The Kier molecular flexibility index (Phi) is 7.76. The smallest absolute Gasteiger partial charge is 0.102 e. The van der Waals surface area contributed by atoms with Crippen LogP contribution in [0.15, 0.2) is 66.9 Å². The Balaban J connectivity index is 1.39. The Bertz CT molecular complexity index is 1640. The molecule has 5 aromatic rings. The number of fused-ring (bicyclic) bond motifs is 1. The molecule has 0 N–H and O–H groups in total. The third-order valence-electron chi connectivity index (χ3n) is 8.73. The fourth-order valence-electron chi connectivity index (χ4n) is 6.61. The fraction of sp³-hybridized carbons (Fsp3) is 0.400. The zero-order chi connectivity index (χ0) is 28.5. The second-order valence-electron chi connectivity index (χ2n) is 11.8. The van der Waals surface area contributed by atoms with E-state index in [0.29, 0.717) is 18.4 Å². The summed E-state index contributed by atoms with van der Waals surface area (Å²) >= 11 is 0. The molecule has 0 bridgehead atoms. The lowest BCUT2D eigenvalue weighted by molar-refractivity contribution is 0.0848. The molecule has 3 heterocycles. The summed E-state index contributed by atoms with van der Waals surface area (Å²) in [6.45, 7) is 9.45. The van der Waals surface area contributed by atoms with Crippen LogP contribution in [0.5, 0.6) is 0 Å². The lowest BCUT2D eigenvalue weighted by Gasteiger charge is -2.22. The lowest BCUT2D eigenvalue weighted by atomic mass is 9.86. The van der Waals surface area contributed by atoms with E-state index in [0.717, 1.165) is 39.1 Å². The van der Waals surface area contributed by atoms with Gasteiger partial charge >= 0.3 is 0 Å². The van der Waals surface area contributed by atoms with Crippen LogP contribution in [-0.4, -0.2) is 31.7 Å². The summed E-state index contributed by atoms with van der Waals surface area (Å²) in [5, 5.41) is 11.3. The van der Waals surface area contributed by atoms with E-state index < -0.39 is 0 Å². The molecule has 6 nitrogen and oxygen atoms in total. The second-order valence-corrected chi connectivity index (χ2v) is 11.8. The van der Waals surface area contributed by atoms with Crippen LogP contribution in [0.1, 0.15) is 92.1 Å². The fourth-order valence-corrected chi connectivity index (χ4v) is 6.61. The van der Waals surface area contributed by atoms with E-state index in [1.807, 2.05) is 22.9 Å². The number of benzene rings is 2. The van der Waals surface area contributed by atoms with E-state index in [2.05, 4.69) is 81.0 Å². The maximum atomic E-state index is 5.85. The van der Waals surface area contributed by atoms with Gasteiger partial charge in [0, 0.05) is 47.1 Å². The molecule has 1 fully saturated rings. The molecule has 1 unspecified atom stereocenters. The molecule has 3 aromatic heterocycles. The van der Waals surface area contributed by atoms with Crippen LogP contribution in [0.2, 0.25) is 0 Å². The van der Waals surface area contributed by atoms with Gasteiger partial charge in [-0.2, -0.15) is 10.2 Å². The molecule has 0 radical (unpaired) electrons. The molecular weight excluding hydrogens is 506 g/mol. The van der Waals surface area contributed by atoms with Gasteiger partial charge in [-0.1, -0.05) is 75.6 Å². The number of nitrogens with zero attached hydrogens (tertiary/aromatic N) is 5. The molecule has 212 valence electrons. The van der Waals surface area contributed by atoms with Crippen molar-refractivity contribution in [2.24, 2.45) is 0 Å². The van der Waals surface area contributed by atoms with Gasteiger partial charge in [-0.15, -0.1) is 0 Å². The molecular formula is C35H41N5O. The first-order valence-electron chi connectivity index (χ1n) is 15.1. The molecule has 1 atom stereocenters. The van der Waals surface area contributed by atoms with E-state index in [1.54, 1.807) is 7.11 Å². The molecule has 1 aliphatic carbocycles. The molecule has 1 aliphatic rings. The van der Waals surface area contributed by atoms with Crippen LogP contribution in [0.25, 0.3) is 27.8 Å². The maximum Gasteiger partial charge on any atom is 0.102 e. The van der Waals surface area contributed by atoms with Crippen molar-refractivity contribution in [1.29, 1.82) is 0 Å². The van der Waals surface area contributed by atoms with Crippen LogP contribution >= 0.6 is 0 Å². The predicted octanol–water partition coefficient (Wildman–Crippen LogP) is 8.46. The zero-order valence-electron chi connectivity index (χ0n) is 25.0. The van der Waals surface area contributed by atoms with Crippen LogP contribution in [-0.2, 0) is 11.3 Å².